The minimum Gasteiger partial charge on any atom is -0.377 e. The number of anilines is 1. The van der Waals surface area contributed by atoms with Crippen molar-refractivity contribution in [2.45, 2.75) is 19.0 Å². The first-order valence-electron chi connectivity index (χ1n) is 7.10. The Morgan fingerprint density at radius 2 is 1.57 bits per heavy atom. The summed E-state index contributed by atoms with van der Waals surface area (Å²) in [4.78, 5) is 0. The summed E-state index contributed by atoms with van der Waals surface area (Å²) in [6, 6.07) is 14.5. The van der Waals surface area contributed by atoms with E-state index in [9.17, 15) is 0 Å². The molecule has 1 atom stereocenters. The number of nitrogens with one attached hydrogen (secondary N) is 1. The lowest BCUT2D eigenvalue weighted by atomic mass is 10.1. The fourth-order valence-electron chi connectivity index (χ4n) is 2.66. The number of benzene rings is 2. The Balaban J connectivity index is 2.37. The molecule has 0 aliphatic heterocycles. The van der Waals surface area contributed by atoms with Crippen molar-refractivity contribution in [1.82, 2.24) is 0 Å². The third kappa shape index (κ3) is 3.11. The molecule has 0 fully saturated rings. The van der Waals surface area contributed by atoms with Crippen molar-refractivity contribution in [2.75, 3.05) is 26.6 Å². The number of hydrogen-bond acceptors (Lipinski definition) is 4. The van der Waals surface area contributed by atoms with Crippen LogP contribution in [0.25, 0.3) is 10.8 Å². The molecule has 4 nitrogen and oxygen atoms in total. The maximum atomic E-state index is 5.61. The van der Waals surface area contributed by atoms with Crippen LogP contribution in [0.2, 0.25) is 0 Å². The standard InChI is InChI=1S/C16H23NO3Si/c1-5-16(21(18-2,19-3)20-4)17-15-12-8-10-13-9-6-7-11-14(13)15/h6-12,16-17H,5H2,1-4H3. The molecule has 1 N–H and O–H groups in total. The third-order valence-corrected chi connectivity index (χ3v) is 6.92. The van der Waals surface area contributed by atoms with Gasteiger partial charge in [-0.3, -0.25) is 0 Å². The molecule has 21 heavy (non-hydrogen) atoms. The highest BCUT2D eigenvalue weighted by molar-refractivity contribution is 6.63. The van der Waals surface area contributed by atoms with E-state index in [0.29, 0.717) is 0 Å². The van der Waals surface area contributed by atoms with Crippen LogP contribution >= 0.6 is 0 Å². The predicted molar refractivity (Wildman–Crippen MR) is 88.4 cm³/mol. The molecule has 2 rings (SSSR count). The monoisotopic (exact) mass is 305 g/mol. The van der Waals surface area contributed by atoms with Crippen LogP contribution in [0.3, 0.4) is 0 Å². The lowest BCUT2D eigenvalue weighted by Gasteiger charge is -2.33. The summed E-state index contributed by atoms with van der Waals surface area (Å²) in [6.07, 6.45) is 0.852. The van der Waals surface area contributed by atoms with Crippen molar-refractivity contribution in [3.63, 3.8) is 0 Å². The Kier molecular flexibility index (Phi) is 5.36. The fourth-order valence-corrected chi connectivity index (χ4v) is 4.84. The minimum absolute atomic E-state index is 0.00306. The van der Waals surface area contributed by atoms with E-state index in [1.165, 1.54) is 10.8 Å². The first-order chi connectivity index (χ1) is 10.2. The normalized spacial score (nSPS) is 13.3. The highest BCUT2D eigenvalue weighted by Crippen LogP contribution is 2.26. The van der Waals surface area contributed by atoms with Crippen LogP contribution in [0.15, 0.2) is 42.5 Å². The Morgan fingerprint density at radius 1 is 0.952 bits per heavy atom. The zero-order valence-electron chi connectivity index (χ0n) is 13.1. The van der Waals surface area contributed by atoms with Crippen LogP contribution in [0.4, 0.5) is 5.69 Å². The Morgan fingerprint density at radius 3 is 2.19 bits per heavy atom. The largest absolute Gasteiger partial charge is 0.523 e. The molecule has 0 bridgehead atoms. The van der Waals surface area contributed by atoms with Gasteiger partial charge in [-0.2, -0.15) is 0 Å². The molecule has 2 aromatic rings. The summed E-state index contributed by atoms with van der Waals surface area (Å²) in [5, 5.41) is 5.94. The molecule has 0 saturated heterocycles. The second-order valence-electron chi connectivity index (χ2n) is 4.85. The molecule has 0 radical (unpaired) electrons. The topological polar surface area (TPSA) is 39.7 Å². The summed E-state index contributed by atoms with van der Waals surface area (Å²) >= 11 is 0. The molecule has 0 spiro atoms. The first kappa shape index (κ1) is 16.0. The quantitative estimate of drug-likeness (QED) is 0.795. The van der Waals surface area contributed by atoms with Gasteiger partial charge >= 0.3 is 8.80 Å². The van der Waals surface area contributed by atoms with E-state index >= 15 is 0 Å². The summed E-state index contributed by atoms with van der Waals surface area (Å²) in [5.41, 5.74) is 1.08. The van der Waals surface area contributed by atoms with Gasteiger partial charge in [0, 0.05) is 32.4 Å². The van der Waals surface area contributed by atoms with Gasteiger partial charge in [0.15, 0.2) is 0 Å². The molecule has 114 valence electrons. The van der Waals surface area contributed by atoms with Gasteiger partial charge in [-0.25, -0.2) is 0 Å². The van der Waals surface area contributed by atoms with Crippen LogP contribution in [-0.4, -0.2) is 35.8 Å². The van der Waals surface area contributed by atoms with E-state index in [1.807, 2.05) is 18.2 Å². The van der Waals surface area contributed by atoms with Crippen LogP contribution in [-0.2, 0) is 13.3 Å². The highest BCUT2D eigenvalue weighted by Gasteiger charge is 2.46. The van der Waals surface area contributed by atoms with Crippen molar-refractivity contribution in [3.05, 3.63) is 42.5 Å². The summed E-state index contributed by atoms with van der Waals surface area (Å²) in [7, 11) is 2.21. The predicted octanol–water partition coefficient (Wildman–Crippen LogP) is 3.45. The maximum Gasteiger partial charge on any atom is 0.523 e. The number of fused-ring (bicyclic) bond motifs is 1. The van der Waals surface area contributed by atoms with Gasteiger partial charge in [0.05, 0.1) is 5.67 Å². The summed E-state index contributed by atoms with van der Waals surface area (Å²) in [6.45, 7) is 2.10. The lowest BCUT2D eigenvalue weighted by molar-refractivity contribution is 0.115. The van der Waals surface area contributed by atoms with Crippen molar-refractivity contribution in [3.8, 4) is 0 Å². The van der Waals surface area contributed by atoms with E-state index in [1.54, 1.807) is 21.3 Å². The van der Waals surface area contributed by atoms with E-state index in [0.717, 1.165) is 12.1 Å². The van der Waals surface area contributed by atoms with Gasteiger partial charge in [0.1, 0.15) is 0 Å². The van der Waals surface area contributed by atoms with Gasteiger partial charge in [-0.15, -0.1) is 0 Å². The molecule has 0 aliphatic rings. The van der Waals surface area contributed by atoms with E-state index in [4.69, 9.17) is 13.3 Å². The molecular formula is C16H23NO3Si. The maximum absolute atomic E-state index is 5.61. The van der Waals surface area contributed by atoms with Gasteiger partial charge < -0.3 is 18.6 Å². The fraction of sp³-hybridized carbons (Fsp3) is 0.375. The SMILES string of the molecule is CCC(Nc1cccc2ccccc12)[Si](OC)(OC)OC. The lowest BCUT2D eigenvalue weighted by Crippen LogP contribution is -2.57. The second kappa shape index (κ2) is 7.04. The zero-order chi connectivity index (χ0) is 15.3. The number of rotatable bonds is 7. The molecule has 0 aliphatic carbocycles. The molecule has 2 aromatic carbocycles. The third-order valence-electron chi connectivity index (χ3n) is 3.81. The van der Waals surface area contributed by atoms with Crippen molar-refractivity contribution >= 4 is 25.3 Å². The number of hydrogen-bond donors (Lipinski definition) is 1. The first-order valence-corrected chi connectivity index (χ1v) is 8.90. The zero-order valence-corrected chi connectivity index (χ0v) is 14.1. The molecule has 0 aromatic heterocycles. The highest BCUT2D eigenvalue weighted by atomic mass is 28.4. The summed E-state index contributed by atoms with van der Waals surface area (Å²) in [5.74, 6) is 0. The second-order valence-corrected chi connectivity index (χ2v) is 7.98. The van der Waals surface area contributed by atoms with Crippen LogP contribution < -0.4 is 5.32 Å². The molecular weight excluding hydrogens is 282 g/mol. The van der Waals surface area contributed by atoms with Crippen molar-refractivity contribution < 1.29 is 13.3 Å². The molecule has 5 heteroatoms. The minimum atomic E-state index is -2.73. The molecule has 0 saturated carbocycles. The van der Waals surface area contributed by atoms with E-state index in [2.05, 4.69) is 36.5 Å². The van der Waals surface area contributed by atoms with Gasteiger partial charge in [-0.05, 0) is 17.9 Å². The smallest absolute Gasteiger partial charge is 0.377 e. The molecule has 0 heterocycles. The van der Waals surface area contributed by atoms with Gasteiger partial charge in [0.2, 0.25) is 0 Å². The average Bonchev–Trinajstić information content (AvgIpc) is 2.56. The van der Waals surface area contributed by atoms with Gasteiger partial charge in [-0.1, -0.05) is 43.3 Å². The average molecular weight is 305 g/mol. The van der Waals surface area contributed by atoms with Crippen molar-refractivity contribution in [1.29, 1.82) is 0 Å². The van der Waals surface area contributed by atoms with Gasteiger partial charge in [0.25, 0.3) is 0 Å². The van der Waals surface area contributed by atoms with E-state index in [-0.39, 0.29) is 5.67 Å². The van der Waals surface area contributed by atoms with Crippen LogP contribution in [0, 0.1) is 0 Å². The van der Waals surface area contributed by atoms with E-state index < -0.39 is 8.80 Å². The van der Waals surface area contributed by atoms with Crippen LogP contribution in [0.1, 0.15) is 13.3 Å². The Bertz CT molecular complexity index is 573. The molecule has 1 unspecified atom stereocenters. The Hall–Kier alpha value is -1.40. The molecule has 0 amide bonds. The van der Waals surface area contributed by atoms with Crippen LogP contribution in [0.5, 0.6) is 0 Å². The Labute approximate surface area is 127 Å². The summed E-state index contributed by atoms with van der Waals surface area (Å²) < 4.78 is 16.8. The van der Waals surface area contributed by atoms with Crippen molar-refractivity contribution in [2.24, 2.45) is 0 Å².